The van der Waals surface area contributed by atoms with Crippen LogP contribution in [0.5, 0.6) is 0 Å². The normalized spacial score (nSPS) is 22.6. The van der Waals surface area contributed by atoms with Crippen molar-refractivity contribution in [3.05, 3.63) is 12.7 Å². The van der Waals surface area contributed by atoms with Crippen LogP contribution in [0.25, 0.3) is 0 Å². The van der Waals surface area contributed by atoms with Gasteiger partial charge in [-0.2, -0.15) is 0 Å². The lowest BCUT2D eigenvalue weighted by molar-refractivity contribution is -0.132. The number of urea groups is 1. The first-order valence-electron chi connectivity index (χ1n) is 6.24. The summed E-state index contributed by atoms with van der Waals surface area (Å²) in [6.07, 6.45) is 3.06. The van der Waals surface area contributed by atoms with Crippen molar-refractivity contribution < 1.29 is 9.59 Å². The van der Waals surface area contributed by atoms with E-state index in [1.165, 1.54) is 0 Å². The Hall–Kier alpha value is -1.47. The number of carbonyl (C=O) groups is 2. The number of piperidine rings is 1. The number of nitrogens with two attached hydrogens (primary N) is 1. The molecule has 6 nitrogen and oxygen atoms in total. The highest BCUT2D eigenvalue weighted by Crippen LogP contribution is 2.29. The monoisotopic (exact) mass is 282 g/mol. The highest BCUT2D eigenvalue weighted by molar-refractivity contribution is 7.80. The Labute approximate surface area is 117 Å². The van der Waals surface area contributed by atoms with Crippen molar-refractivity contribution in [3.63, 3.8) is 0 Å². The molecule has 1 spiro atoms. The van der Waals surface area contributed by atoms with Crippen LogP contribution in [0.2, 0.25) is 0 Å². The first-order valence-corrected chi connectivity index (χ1v) is 6.65. The maximum absolute atomic E-state index is 12.4. The largest absolute Gasteiger partial charge is 0.392 e. The SMILES string of the molecule is C=CCN1CCC2(CC1)NC(=O)N(CC(N)=S)C2=O. The summed E-state index contributed by atoms with van der Waals surface area (Å²) >= 11 is 4.77. The maximum atomic E-state index is 12.4. The molecule has 0 aromatic carbocycles. The molecule has 2 aliphatic heterocycles. The van der Waals surface area contributed by atoms with Gasteiger partial charge in [-0.25, -0.2) is 4.79 Å². The van der Waals surface area contributed by atoms with Crippen LogP contribution >= 0.6 is 12.2 Å². The Morgan fingerprint density at radius 1 is 1.47 bits per heavy atom. The summed E-state index contributed by atoms with van der Waals surface area (Å²) in [6.45, 7) is 6.04. The van der Waals surface area contributed by atoms with E-state index in [1.54, 1.807) is 0 Å². The standard InChI is InChI=1S/C12H18N4O2S/c1-2-5-15-6-3-12(4-7-15)10(17)16(8-9(13)19)11(18)14-12/h2H,1,3-8H2,(H2,13,19)(H,14,18). The number of carbonyl (C=O) groups excluding carboxylic acids is 2. The number of imide groups is 1. The van der Waals surface area contributed by atoms with E-state index in [9.17, 15) is 9.59 Å². The van der Waals surface area contributed by atoms with E-state index in [0.29, 0.717) is 12.8 Å². The van der Waals surface area contributed by atoms with Crippen molar-refractivity contribution in [2.24, 2.45) is 5.73 Å². The number of hydrogen-bond donors (Lipinski definition) is 2. The van der Waals surface area contributed by atoms with Gasteiger partial charge in [-0.15, -0.1) is 6.58 Å². The smallest absolute Gasteiger partial charge is 0.325 e. The fraction of sp³-hybridized carbons (Fsp3) is 0.583. The van der Waals surface area contributed by atoms with Gasteiger partial charge in [0.05, 0.1) is 11.5 Å². The number of likely N-dealkylation sites (tertiary alicyclic amines) is 1. The van der Waals surface area contributed by atoms with Crippen molar-refractivity contribution in [1.82, 2.24) is 15.1 Å². The van der Waals surface area contributed by atoms with E-state index in [1.807, 2.05) is 6.08 Å². The Morgan fingerprint density at radius 3 is 2.63 bits per heavy atom. The molecule has 0 aliphatic carbocycles. The molecule has 0 aromatic heterocycles. The lowest BCUT2D eigenvalue weighted by Gasteiger charge is -2.36. The van der Waals surface area contributed by atoms with Crippen LogP contribution in [0, 0.1) is 0 Å². The number of thiocarbonyl (C=S) groups is 1. The molecule has 2 aliphatic rings. The summed E-state index contributed by atoms with van der Waals surface area (Å²) in [5, 5.41) is 2.81. The fourth-order valence-corrected chi connectivity index (χ4v) is 2.74. The third kappa shape index (κ3) is 2.62. The molecule has 104 valence electrons. The zero-order chi connectivity index (χ0) is 14.0. The maximum Gasteiger partial charge on any atom is 0.325 e. The average Bonchev–Trinajstić information content (AvgIpc) is 2.57. The summed E-state index contributed by atoms with van der Waals surface area (Å²) in [7, 11) is 0. The second-order valence-electron chi connectivity index (χ2n) is 4.96. The van der Waals surface area contributed by atoms with Crippen LogP contribution in [-0.2, 0) is 4.79 Å². The minimum atomic E-state index is -0.764. The molecule has 0 bridgehead atoms. The van der Waals surface area contributed by atoms with Gasteiger partial charge in [0.2, 0.25) is 0 Å². The van der Waals surface area contributed by atoms with Gasteiger partial charge in [0.25, 0.3) is 5.91 Å². The molecule has 0 radical (unpaired) electrons. The molecule has 3 amide bonds. The van der Waals surface area contributed by atoms with Gasteiger partial charge in [0.15, 0.2) is 0 Å². The Morgan fingerprint density at radius 2 is 2.11 bits per heavy atom. The second kappa shape index (κ2) is 5.26. The summed E-state index contributed by atoms with van der Waals surface area (Å²) in [5.74, 6) is -0.205. The molecule has 0 aromatic rings. The molecular weight excluding hydrogens is 264 g/mol. The highest BCUT2D eigenvalue weighted by atomic mass is 32.1. The van der Waals surface area contributed by atoms with E-state index in [4.69, 9.17) is 18.0 Å². The van der Waals surface area contributed by atoms with Gasteiger partial charge < -0.3 is 11.1 Å². The number of nitrogens with one attached hydrogen (secondary N) is 1. The molecular formula is C12H18N4O2S. The lowest BCUT2D eigenvalue weighted by atomic mass is 9.87. The van der Waals surface area contributed by atoms with Gasteiger partial charge >= 0.3 is 6.03 Å². The number of amides is 3. The molecule has 2 rings (SSSR count). The van der Waals surface area contributed by atoms with Gasteiger partial charge in [0.1, 0.15) is 5.54 Å². The van der Waals surface area contributed by atoms with Crippen molar-refractivity contribution in [2.45, 2.75) is 18.4 Å². The summed E-state index contributed by atoms with van der Waals surface area (Å²) < 4.78 is 0. The van der Waals surface area contributed by atoms with E-state index in [2.05, 4.69) is 16.8 Å². The van der Waals surface area contributed by atoms with Crippen LogP contribution in [0.1, 0.15) is 12.8 Å². The van der Waals surface area contributed by atoms with Crippen LogP contribution < -0.4 is 11.1 Å². The summed E-state index contributed by atoms with van der Waals surface area (Å²) in [5.41, 5.74) is 4.65. The van der Waals surface area contributed by atoms with Crippen LogP contribution in [-0.4, -0.2) is 58.4 Å². The van der Waals surface area contributed by atoms with Crippen molar-refractivity contribution >= 4 is 29.1 Å². The third-order valence-corrected chi connectivity index (χ3v) is 3.79. The molecule has 7 heteroatoms. The predicted molar refractivity (Wildman–Crippen MR) is 75.6 cm³/mol. The third-order valence-electron chi connectivity index (χ3n) is 3.66. The lowest BCUT2D eigenvalue weighted by Crippen LogP contribution is -2.55. The molecule has 0 unspecified atom stereocenters. The van der Waals surface area contributed by atoms with Crippen LogP contribution in [0.4, 0.5) is 4.79 Å². The molecule has 2 saturated heterocycles. The first kappa shape index (κ1) is 14.0. The fourth-order valence-electron chi connectivity index (χ4n) is 2.61. The van der Waals surface area contributed by atoms with Crippen LogP contribution in [0.3, 0.4) is 0 Å². The molecule has 0 atom stereocenters. The molecule has 0 saturated carbocycles. The molecule has 3 N–H and O–H groups in total. The number of hydrogen-bond acceptors (Lipinski definition) is 4. The number of nitrogens with zero attached hydrogens (tertiary/aromatic N) is 2. The molecule has 19 heavy (non-hydrogen) atoms. The van der Waals surface area contributed by atoms with Crippen LogP contribution in [0.15, 0.2) is 12.7 Å². The Balaban J connectivity index is 2.06. The number of rotatable bonds is 4. The summed E-state index contributed by atoms with van der Waals surface area (Å²) in [6, 6.07) is -0.394. The van der Waals surface area contributed by atoms with Gasteiger partial charge in [-0.05, 0) is 12.8 Å². The second-order valence-corrected chi connectivity index (χ2v) is 5.48. The first-order chi connectivity index (χ1) is 8.98. The van der Waals surface area contributed by atoms with Gasteiger partial charge in [-0.1, -0.05) is 18.3 Å². The average molecular weight is 282 g/mol. The van der Waals surface area contributed by atoms with E-state index >= 15 is 0 Å². The minimum absolute atomic E-state index is 0.0120. The Bertz CT molecular complexity index is 429. The quantitative estimate of drug-likeness (QED) is 0.426. The Kier molecular flexibility index (Phi) is 3.86. The van der Waals surface area contributed by atoms with Crippen molar-refractivity contribution in [1.29, 1.82) is 0 Å². The van der Waals surface area contributed by atoms with Gasteiger partial charge in [-0.3, -0.25) is 14.6 Å². The van der Waals surface area contributed by atoms with E-state index in [0.717, 1.165) is 24.5 Å². The predicted octanol–water partition coefficient (Wildman–Crippen LogP) is -0.155. The van der Waals surface area contributed by atoms with Gasteiger partial charge in [0, 0.05) is 19.6 Å². The van der Waals surface area contributed by atoms with E-state index in [-0.39, 0.29) is 17.4 Å². The summed E-state index contributed by atoms with van der Waals surface area (Å²) in [4.78, 5) is 27.7. The molecule has 2 fully saturated rings. The topological polar surface area (TPSA) is 78.7 Å². The highest BCUT2D eigenvalue weighted by Gasteiger charge is 2.52. The van der Waals surface area contributed by atoms with Crippen molar-refractivity contribution in [2.75, 3.05) is 26.2 Å². The van der Waals surface area contributed by atoms with Crippen molar-refractivity contribution in [3.8, 4) is 0 Å². The molecule has 2 heterocycles. The zero-order valence-electron chi connectivity index (χ0n) is 10.7. The van der Waals surface area contributed by atoms with E-state index < -0.39 is 11.6 Å². The zero-order valence-corrected chi connectivity index (χ0v) is 11.5. The minimum Gasteiger partial charge on any atom is -0.392 e.